The summed E-state index contributed by atoms with van der Waals surface area (Å²) in [5.74, 6) is 0. The van der Waals surface area contributed by atoms with Crippen LogP contribution in [0.3, 0.4) is 0 Å². The first-order valence-electron chi connectivity index (χ1n) is 6.50. The van der Waals surface area contributed by atoms with Crippen LogP contribution in [0.1, 0.15) is 22.4 Å². The quantitative estimate of drug-likeness (QED) is 0.790. The predicted octanol–water partition coefficient (Wildman–Crippen LogP) is 1.37. The Morgan fingerprint density at radius 2 is 2.21 bits per heavy atom. The molecule has 0 saturated carbocycles. The summed E-state index contributed by atoms with van der Waals surface area (Å²) in [5, 5.41) is 8.62. The van der Waals surface area contributed by atoms with Crippen LogP contribution in [0.5, 0.6) is 0 Å². The van der Waals surface area contributed by atoms with E-state index in [2.05, 4.69) is 33.8 Å². The maximum Gasteiger partial charge on any atom is 0.304 e. The van der Waals surface area contributed by atoms with Crippen LogP contribution in [0, 0.1) is 0 Å². The molecule has 1 aliphatic rings. The summed E-state index contributed by atoms with van der Waals surface area (Å²) in [6, 6.07) is 6.69. The zero-order valence-electron chi connectivity index (χ0n) is 10.7. The summed E-state index contributed by atoms with van der Waals surface area (Å²) < 4.78 is 0. The van der Waals surface area contributed by atoms with Crippen molar-refractivity contribution in [2.24, 2.45) is 0 Å². The zero-order valence-corrected chi connectivity index (χ0v) is 11.5. The molecule has 0 saturated heterocycles. The minimum absolute atomic E-state index is 0.0108. The SMILES string of the molecule is O=c1[nH]c(CNCc2ccc3c(c2)CNCC3)cs1. The van der Waals surface area contributed by atoms with Crippen LogP contribution < -0.4 is 15.5 Å². The van der Waals surface area contributed by atoms with Crippen molar-refractivity contribution in [1.29, 1.82) is 0 Å². The highest BCUT2D eigenvalue weighted by molar-refractivity contribution is 7.07. The molecule has 1 aromatic carbocycles. The van der Waals surface area contributed by atoms with E-state index in [1.54, 1.807) is 0 Å². The third-order valence-electron chi connectivity index (χ3n) is 3.37. The molecule has 2 heterocycles. The van der Waals surface area contributed by atoms with Gasteiger partial charge in [0, 0.05) is 30.7 Å². The Morgan fingerprint density at radius 1 is 1.26 bits per heavy atom. The number of aromatic nitrogens is 1. The van der Waals surface area contributed by atoms with Gasteiger partial charge in [0.15, 0.2) is 0 Å². The first kappa shape index (κ1) is 12.6. The molecule has 0 spiro atoms. The minimum atomic E-state index is 0.0108. The lowest BCUT2D eigenvalue weighted by molar-refractivity contribution is 0.638. The number of rotatable bonds is 4. The third kappa shape index (κ3) is 3.12. The predicted molar refractivity (Wildman–Crippen MR) is 77.3 cm³/mol. The molecule has 4 nitrogen and oxygen atoms in total. The summed E-state index contributed by atoms with van der Waals surface area (Å²) in [5.41, 5.74) is 5.12. The van der Waals surface area contributed by atoms with Crippen molar-refractivity contribution in [3.8, 4) is 0 Å². The van der Waals surface area contributed by atoms with E-state index < -0.39 is 0 Å². The lowest BCUT2D eigenvalue weighted by Crippen LogP contribution is -2.24. The topological polar surface area (TPSA) is 56.9 Å². The monoisotopic (exact) mass is 275 g/mol. The Kier molecular flexibility index (Phi) is 3.77. The molecule has 19 heavy (non-hydrogen) atoms. The Hall–Kier alpha value is -1.43. The number of thiazole rings is 1. The molecular weight excluding hydrogens is 258 g/mol. The van der Waals surface area contributed by atoms with Crippen LogP contribution in [0.25, 0.3) is 0 Å². The van der Waals surface area contributed by atoms with Gasteiger partial charge in [0.1, 0.15) is 0 Å². The Balaban J connectivity index is 1.59. The molecule has 3 rings (SSSR count). The van der Waals surface area contributed by atoms with Gasteiger partial charge in [-0.25, -0.2) is 0 Å². The molecular formula is C14H17N3OS. The van der Waals surface area contributed by atoms with E-state index in [9.17, 15) is 4.79 Å². The highest BCUT2D eigenvalue weighted by Gasteiger charge is 2.08. The molecule has 0 atom stereocenters. The summed E-state index contributed by atoms with van der Waals surface area (Å²) in [6.07, 6.45) is 1.12. The number of benzene rings is 1. The molecule has 2 aromatic rings. The second kappa shape index (κ2) is 5.69. The fraction of sp³-hybridized carbons (Fsp3) is 0.357. The molecule has 1 aromatic heterocycles. The van der Waals surface area contributed by atoms with Gasteiger partial charge in [-0.1, -0.05) is 29.5 Å². The fourth-order valence-corrected chi connectivity index (χ4v) is 2.97. The van der Waals surface area contributed by atoms with Crippen molar-refractivity contribution in [1.82, 2.24) is 15.6 Å². The molecule has 100 valence electrons. The number of hydrogen-bond acceptors (Lipinski definition) is 4. The lowest BCUT2D eigenvalue weighted by atomic mass is 9.98. The number of nitrogens with one attached hydrogen (secondary N) is 3. The Bertz CT molecular complexity index is 617. The second-order valence-electron chi connectivity index (χ2n) is 4.81. The van der Waals surface area contributed by atoms with Crippen molar-refractivity contribution < 1.29 is 0 Å². The Morgan fingerprint density at radius 3 is 3.05 bits per heavy atom. The van der Waals surface area contributed by atoms with Gasteiger partial charge in [-0.2, -0.15) is 0 Å². The lowest BCUT2D eigenvalue weighted by Gasteiger charge is -2.18. The largest absolute Gasteiger partial charge is 0.315 e. The van der Waals surface area contributed by atoms with Crippen molar-refractivity contribution in [2.75, 3.05) is 6.54 Å². The zero-order chi connectivity index (χ0) is 13.1. The summed E-state index contributed by atoms with van der Waals surface area (Å²) in [4.78, 5) is 13.8. The standard InChI is InChI=1S/C14H17N3OS/c18-14-17-13(9-19-14)8-16-6-10-1-2-11-3-4-15-7-12(11)5-10/h1-2,5,9,15-16H,3-4,6-8H2,(H,17,18). The molecule has 3 N–H and O–H groups in total. The molecule has 0 aliphatic carbocycles. The van der Waals surface area contributed by atoms with Crippen LogP contribution in [-0.2, 0) is 26.1 Å². The van der Waals surface area contributed by atoms with Gasteiger partial charge in [0.2, 0.25) is 0 Å². The first-order valence-corrected chi connectivity index (χ1v) is 7.38. The van der Waals surface area contributed by atoms with E-state index in [1.807, 2.05) is 5.38 Å². The molecule has 0 fully saturated rings. The summed E-state index contributed by atoms with van der Waals surface area (Å²) in [7, 11) is 0. The smallest absolute Gasteiger partial charge is 0.304 e. The van der Waals surface area contributed by atoms with E-state index in [4.69, 9.17) is 0 Å². The molecule has 0 amide bonds. The van der Waals surface area contributed by atoms with E-state index in [1.165, 1.54) is 28.0 Å². The van der Waals surface area contributed by atoms with Crippen molar-refractivity contribution >= 4 is 11.3 Å². The molecule has 0 bridgehead atoms. The Labute approximate surface area is 115 Å². The number of hydrogen-bond donors (Lipinski definition) is 3. The van der Waals surface area contributed by atoms with Crippen molar-refractivity contribution in [3.63, 3.8) is 0 Å². The van der Waals surface area contributed by atoms with Gasteiger partial charge in [0.25, 0.3) is 0 Å². The van der Waals surface area contributed by atoms with E-state index in [-0.39, 0.29) is 4.87 Å². The van der Waals surface area contributed by atoms with Gasteiger partial charge >= 0.3 is 4.87 Å². The van der Waals surface area contributed by atoms with E-state index in [0.717, 1.165) is 31.7 Å². The summed E-state index contributed by atoms with van der Waals surface area (Å²) >= 11 is 1.21. The normalized spacial score (nSPS) is 14.3. The first-order chi connectivity index (χ1) is 9.31. The molecule has 1 aliphatic heterocycles. The van der Waals surface area contributed by atoms with Crippen LogP contribution in [0.2, 0.25) is 0 Å². The summed E-state index contributed by atoms with van der Waals surface area (Å²) in [6.45, 7) is 3.58. The molecule has 0 unspecified atom stereocenters. The molecule has 0 radical (unpaired) electrons. The number of fused-ring (bicyclic) bond motifs is 1. The van der Waals surface area contributed by atoms with Gasteiger partial charge in [0.05, 0.1) is 0 Å². The van der Waals surface area contributed by atoms with Crippen LogP contribution in [-0.4, -0.2) is 11.5 Å². The average Bonchev–Trinajstić information content (AvgIpc) is 2.84. The van der Waals surface area contributed by atoms with Gasteiger partial charge < -0.3 is 15.6 Å². The highest BCUT2D eigenvalue weighted by atomic mass is 32.1. The fourth-order valence-electron chi connectivity index (χ4n) is 2.39. The van der Waals surface area contributed by atoms with Gasteiger partial charge in [-0.15, -0.1) is 0 Å². The second-order valence-corrected chi connectivity index (χ2v) is 5.65. The number of H-pyrrole nitrogens is 1. The van der Waals surface area contributed by atoms with Crippen LogP contribution in [0.15, 0.2) is 28.4 Å². The third-order valence-corrected chi connectivity index (χ3v) is 4.09. The number of aromatic amines is 1. The van der Waals surface area contributed by atoms with E-state index >= 15 is 0 Å². The minimum Gasteiger partial charge on any atom is -0.315 e. The highest BCUT2D eigenvalue weighted by Crippen LogP contribution is 2.15. The van der Waals surface area contributed by atoms with Crippen LogP contribution >= 0.6 is 11.3 Å². The molecule has 5 heteroatoms. The van der Waals surface area contributed by atoms with Gasteiger partial charge in [-0.05, 0) is 29.7 Å². The van der Waals surface area contributed by atoms with Gasteiger partial charge in [-0.3, -0.25) is 4.79 Å². The van der Waals surface area contributed by atoms with E-state index in [0.29, 0.717) is 6.54 Å². The van der Waals surface area contributed by atoms with Crippen molar-refractivity contribution in [3.05, 3.63) is 55.6 Å². The maximum absolute atomic E-state index is 11.0. The maximum atomic E-state index is 11.0. The van der Waals surface area contributed by atoms with Crippen molar-refractivity contribution in [2.45, 2.75) is 26.1 Å². The van der Waals surface area contributed by atoms with Crippen LogP contribution in [0.4, 0.5) is 0 Å². The average molecular weight is 275 g/mol.